The van der Waals surface area contributed by atoms with Crippen LogP contribution in [0.3, 0.4) is 0 Å². The number of carbonyl (C=O) groups excluding carboxylic acids is 1. The molecule has 0 aliphatic carbocycles. The lowest BCUT2D eigenvalue weighted by atomic mass is 10.2. The van der Waals surface area contributed by atoms with Crippen molar-refractivity contribution in [3.63, 3.8) is 0 Å². The topological polar surface area (TPSA) is 78.3 Å². The van der Waals surface area contributed by atoms with E-state index in [1.54, 1.807) is 31.4 Å². The van der Waals surface area contributed by atoms with E-state index in [0.717, 1.165) is 29.6 Å². The van der Waals surface area contributed by atoms with Gasteiger partial charge in [0.2, 0.25) is 5.91 Å². The van der Waals surface area contributed by atoms with Gasteiger partial charge in [0.05, 0.1) is 18.4 Å². The second kappa shape index (κ2) is 11.4. The fourth-order valence-corrected chi connectivity index (χ4v) is 4.20. The number of carbonyl (C=O) groups is 1. The van der Waals surface area contributed by atoms with Gasteiger partial charge < -0.3 is 14.8 Å². The average molecular weight is 529 g/mol. The Bertz CT molecular complexity index is 1330. The lowest BCUT2D eigenvalue weighted by molar-refractivity contribution is -0.137. The number of nitrogens with zero attached hydrogens (tertiary/aromatic N) is 3. The molecule has 37 heavy (non-hydrogen) atoms. The lowest BCUT2D eigenvalue weighted by Gasteiger charge is -2.17. The molecule has 1 amide bonds. The lowest BCUT2D eigenvalue weighted by Crippen LogP contribution is -2.15. The van der Waals surface area contributed by atoms with Gasteiger partial charge in [-0.3, -0.25) is 9.36 Å². The van der Waals surface area contributed by atoms with Crippen LogP contribution < -0.4 is 14.8 Å². The minimum Gasteiger partial charge on any atom is -0.497 e. The van der Waals surface area contributed by atoms with Gasteiger partial charge in [0, 0.05) is 11.4 Å². The number of ether oxygens (including phenoxy) is 2. The third kappa shape index (κ3) is 6.62. The molecule has 0 saturated heterocycles. The summed E-state index contributed by atoms with van der Waals surface area (Å²) in [7, 11) is 1.59. The standard InChI is InChI=1S/C26H23F3N4O3S/c1-17(36-22-14-12-21(35-2)13-15-22)24-31-32-25(33(24)20-6-4-3-5-7-20)37-16-23(34)30-19-10-8-18(9-11-19)26(27,28)29/h3-15,17H,16H2,1-2H3,(H,30,34). The minimum absolute atomic E-state index is 0.0281. The molecule has 1 unspecified atom stereocenters. The summed E-state index contributed by atoms with van der Waals surface area (Å²) in [4.78, 5) is 12.5. The monoisotopic (exact) mass is 528 g/mol. The molecule has 4 aromatic rings. The summed E-state index contributed by atoms with van der Waals surface area (Å²) in [6.45, 7) is 1.85. The Hall–Kier alpha value is -3.99. The maximum Gasteiger partial charge on any atom is 0.416 e. The summed E-state index contributed by atoms with van der Waals surface area (Å²) in [5.41, 5.74) is 0.276. The number of para-hydroxylation sites is 1. The van der Waals surface area contributed by atoms with Gasteiger partial charge in [-0.25, -0.2) is 0 Å². The van der Waals surface area contributed by atoms with E-state index < -0.39 is 23.8 Å². The van der Waals surface area contributed by atoms with Crippen LogP contribution in [0.2, 0.25) is 0 Å². The van der Waals surface area contributed by atoms with E-state index >= 15 is 0 Å². The maximum atomic E-state index is 12.8. The quantitative estimate of drug-likeness (QED) is 0.262. The highest BCUT2D eigenvalue weighted by Crippen LogP contribution is 2.31. The second-order valence-corrected chi connectivity index (χ2v) is 8.80. The predicted molar refractivity (Wildman–Crippen MR) is 134 cm³/mol. The maximum absolute atomic E-state index is 12.8. The van der Waals surface area contributed by atoms with E-state index in [2.05, 4.69) is 15.5 Å². The molecule has 1 N–H and O–H groups in total. The molecule has 1 atom stereocenters. The summed E-state index contributed by atoms with van der Waals surface area (Å²) in [5.74, 6) is 1.45. The number of hydrogen-bond acceptors (Lipinski definition) is 6. The molecule has 0 radical (unpaired) electrons. The molecule has 192 valence electrons. The molecule has 0 aliphatic heterocycles. The van der Waals surface area contributed by atoms with Crippen molar-refractivity contribution in [2.24, 2.45) is 0 Å². The molecule has 1 aromatic heterocycles. The van der Waals surface area contributed by atoms with E-state index in [0.29, 0.717) is 22.5 Å². The van der Waals surface area contributed by atoms with Gasteiger partial charge in [-0.15, -0.1) is 10.2 Å². The van der Waals surface area contributed by atoms with E-state index in [1.165, 1.54) is 12.1 Å². The number of anilines is 1. The van der Waals surface area contributed by atoms with Crippen molar-refractivity contribution in [3.05, 3.63) is 90.3 Å². The zero-order valence-corrected chi connectivity index (χ0v) is 20.7. The van der Waals surface area contributed by atoms with Crippen LogP contribution in [0, 0.1) is 0 Å². The van der Waals surface area contributed by atoms with Gasteiger partial charge in [0.1, 0.15) is 11.5 Å². The number of amides is 1. The summed E-state index contributed by atoms with van der Waals surface area (Å²) in [6.07, 6.45) is -4.91. The van der Waals surface area contributed by atoms with Crippen LogP contribution in [0.25, 0.3) is 5.69 Å². The van der Waals surface area contributed by atoms with Crippen LogP contribution in [0.1, 0.15) is 24.4 Å². The molecule has 1 heterocycles. The van der Waals surface area contributed by atoms with Crippen molar-refractivity contribution in [1.82, 2.24) is 14.8 Å². The second-order valence-electron chi connectivity index (χ2n) is 7.86. The van der Waals surface area contributed by atoms with Crippen molar-refractivity contribution >= 4 is 23.4 Å². The molecule has 3 aromatic carbocycles. The fourth-order valence-electron chi connectivity index (χ4n) is 3.44. The number of halogens is 3. The Morgan fingerprint density at radius 2 is 1.62 bits per heavy atom. The summed E-state index contributed by atoms with van der Waals surface area (Å²) in [5, 5.41) is 11.7. The van der Waals surface area contributed by atoms with Crippen molar-refractivity contribution in [2.45, 2.75) is 24.4 Å². The minimum atomic E-state index is -4.44. The molecule has 0 spiro atoms. The summed E-state index contributed by atoms with van der Waals surface area (Å²) >= 11 is 1.15. The first-order chi connectivity index (χ1) is 17.7. The normalized spacial score (nSPS) is 12.1. The third-order valence-electron chi connectivity index (χ3n) is 5.24. The van der Waals surface area contributed by atoms with Crippen LogP contribution in [-0.2, 0) is 11.0 Å². The van der Waals surface area contributed by atoms with Crippen molar-refractivity contribution in [2.75, 3.05) is 18.2 Å². The molecule has 11 heteroatoms. The van der Waals surface area contributed by atoms with Gasteiger partial charge in [-0.05, 0) is 67.6 Å². The van der Waals surface area contributed by atoms with Gasteiger partial charge in [-0.2, -0.15) is 13.2 Å². The molecular formula is C26H23F3N4O3S. The summed E-state index contributed by atoms with van der Waals surface area (Å²) in [6, 6.07) is 20.9. The van der Waals surface area contributed by atoms with Crippen molar-refractivity contribution in [1.29, 1.82) is 0 Å². The fraction of sp³-hybridized carbons (Fsp3) is 0.192. The molecule has 0 bridgehead atoms. The molecular weight excluding hydrogens is 505 g/mol. The number of thioether (sulfide) groups is 1. The Morgan fingerprint density at radius 3 is 2.24 bits per heavy atom. The van der Waals surface area contributed by atoms with Gasteiger partial charge in [0.15, 0.2) is 17.1 Å². The number of rotatable bonds is 9. The Kier molecular flexibility index (Phi) is 8.02. The number of benzene rings is 3. The zero-order chi connectivity index (χ0) is 26.4. The Morgan fingerprint density at radius 1 is 0.973 bits per heavy atom. The van der Waals surface area contributed by atoms with Crippen LogP contribution in [0.15, 0.2) is 84.0 Å². The molecule has 0 aliphatic rings. The van der Waals surface area contributed by atoms with Gasteiger partial charge in [-0.1, -0.05) is 30.0 Å². The largest absolute Gasteiger partial charge is 0.497 e. The van der Waals surface area contributed by atoms with Crippen LogP contribution in [0.5, 0.6) is 11.5 Å². The van der Waals surface area contributed by atoms with Crippen LogP contribution >= 0.6 is 11.8 Å². The zero-order valence-electron chi connectivity index (χ0n) is 19.9. The molecule has 7 nitrogen and oxygen atoms in total. The van der Waals surface area contributed by atoms with E-state index in [9.17, 15) is 18.0 Å². The number of aromatic nitrogens is 3. The first-order valence-corrected chi connectivity index (χ1v) is 12.1. The van der Waals surface area contributed by atoms with Crippen molar-refractivity contribution in [3.8, 4) is 17.2 Å². The van der Waals surface area contributed by atoms with E-state index in [-0.39, 0.29) is 11.4 Å². The highest BCUT2D eigenvalue weighted by atomic mass is 32.2. The molecule has 4 rings (SSSR count). The number of nitrogens with one attached hydrogen (secondary N) is 1. The number of alkyl halides is 3. The third-order valence-corrected chi connectivity index (χ3v) is 6.17. The Balaban J connectivity index is 1.48. The van der Waals surface area contributed by atoms with E-state index in [4.69, 9.17) is 9.47 Å². The highest BCUT2D eigenvalue weighted by Gasteiger charge is 2.30. The SMILES string of the molecule is COc1ccc(OC(C)c2nnc(SCC(=O)Nc3ccc(C(F)(F)F)cc3)n2-c2ccccc2)cc1. The molecule has 0 saturated carbocycles. The summed E-state index contributed by atoms with van der Waals surface area (Å²) < 4.78 is 51.3. The predicted octanol–water partition coefficient (Wildman–Crippen LogP) is 6.17. The average Bonchev–Trinajstić information content (AvgIpc) is 3.32. The first kappa shape index (κ1) is 26.1. The first-order valence-electron chi connectivity index (χ1n) is 11.2. The van der Waals surface area contributed by atoms with E-state index in [1.807, 2.05) is 41.8 Å². The van der Waals surface area contributed by atoms with Crippen LogP contribution in [0.4, 0.5) is 18.9 Å². The smallest absolute Gasteiger partial charge is 0.416 e. The van der Waals surface area contributed by atoms with Crippen molar-refractivity contribution < 1.29 is 27.4 Å². The van der Waals surface area contributed by atoms with Crippen LogP contribution in [-0.4, -0.2) is 33.5 Å². The highest BCUT2D eigenvalue weighted by molar-refractivity contribution is 7.99. The number of hydrogen-bond donors (Lipinski definition) is 1. The Labute approximate surface area is 215 Å². The van der Waals surface area contributed by atoms with Gasteiger partial charge in [0.25, 0.3) is 0 Å². The number of methoxy groups -OCH3 is 1. The molecule has 0 fully saturated rings. The van der Waals surface area contributed by atoms with Gasteiger partial charge >= 0.3 is 6.18 Å².